The molecule has 3 aromatic heterocycles. The summed E-state index contributed by atoms with van der Waals surface area (Å²) in [6.45, 7) is 31.7. The van der Waals surface area contributed by atoms with Crippen LogP contribution in [0.2, 0.25) is 0 Å². The second-order valence-corrected chi connectivity index (χ2v) is 29.7. The Kier molecular flexibility index (Phi) is 28.7. The van der Waals surface area contributed by atoms with Gasteiger partial charge in [0.2, 0.25) is 0 Å². The van der Waals surface area contributed by atoms with Gasteiger partial charge in [-0.3, -0.25) is 34.6 Å². The maximum absolute atomic E-state index is 13.2. The van der Waals surface area contributed by atoms with Crippen LogP contribution in [0.15, 0.2) is 36.8 Å². The fourth-order valence-corrected chi connectivity index (χ4v) is 13.3. The first-order valence-electron chi connectivity index (χ1n) is 34.3. The average Bonchev–Trinajstić information content (AvgIpc) is 0.814. The van der Waals surface area contributed by atoms with E-state index in [9.17, 15) is 38.4 Å². The molecule has 0 aliphatic carbocycles. The quantitative estimate of drug-likeness (QED) is 0.0975. The van der Waals surface area contributed by atoms with Crippen LogP contribution in [-0.4, -0.2) is 202 Å². The van der Waals surface area contributed by atoms with Crippen LogP contribution in [0.3, 0.4) is 0 Å². The Morgan fingerprint density at radius 3 is 1.19 bits per heavy atom. The zero-order valence-electron chi connectivity index (χ0n) is 59.7. The number of pyridine rings is 3. The van der Waals surface area contributed by atoms with Crippen molar-refractivity contribution in [3.05, 3.63) is 53.5 Å². The summed E-state index contributed by atoms with van der Waals surface area (Å²) in [6, 6.07) is 6.02. The lowest BCUT2D eigenvalue weighted by Crippen LogP contribution is -2.54. The summed E-state index contributed by atoms with van der Waals surface area (Å²) >= 11 is 0. The molecule has 9 N–H and O–H groups in total. The van der Waals surface area contributed by atoms with Crippen molar-refractivity contribution in [2.45, 2.75) is 189 Å². The third-order valence-corrected chi connectivity index (χ3v) is 18.8. The van der Waals surface area contributed by atoms with Crippen molar-refractivity contribution in [1.29, 1.82) is 0 Å². The van der Waals surface area contributed by atoms with Crippen molar-refractivity contribution < 1.29 is 52.9 Å². The number of aliphatic carboxylic acids is 1. The molecule has 6 aliphatic heterocycles. The van der Waals surface area contributed by atoms with Crippen LogP contribution >= 0.6 is 0 Å². The third-order valence-electron chi connectivity index (χ3n) is 18.8. The van der Waals surface area contributed by atoms with E-state index in [4.69, 9.17) is 20.3 Å². The molecule has 3 aromatic rings. The molecule has 532 valence electrons. The number of carbonyl (C=O) groups is 8. The second-order valence-electron chi connectivity index (χ2n) is 29.7. The molecule has 0 saturated carbocycles. The summed E-state index contributed by atoms with van der Waals surface area (Å²) in [5, 5.41) is 24.9. The van der Waals surface area contributed by atoms with Gasteiger partial charge in [0.15, 0.2) is 0 Å². The lowest BCUT2D eigenvalue weighted by Gasteiger charge is -2.44. The highest BCUT2D eigenvalue weighted by atomic mass is 16.6. The first-order valence-corrected chi connectivity index (χ1v) is 34.3. The van der Waals surface area contributed by atoms with Gasteiger partial charge in [-0.2, -0.15) is 0 Å². The van der Waals surface area contributed by atoms with E-state index in [0.717, 1.165) is 101 Å². The highest BCUT2D eigenvalue weighted by molar-refractivity contribution is 6.40. The zero-order valence-corrected chi connectivity index (χ0v) is 59.7. The van der Waals surface area contributed by atoms with Crippen LogP contribution in [0, 0.1) is 56.3 Å². The largest absolute Gasteiger partial charge is 0.474 e. The number of aromatic nitrogens is 3. The summed E-state index contributed by atoms with van der Waals surface area (Å²) in [4.78, 5) is 120. The SMILES string of the molecule is C[C@H]1CC[C@H](C2CCN(C)CC2)NC1.Cc1cc(NC(=O)C(=O)N2C[C@@H](C)CC[C@@H]2C2CCN(C)CC2)cnc1N.Cc1cc(NC(=O)C(=O)N2C[C@@H](C)CC[C@@H]2C2CCN(C)CC2)cnc1NC(=O)OC(C)(C)C.Cc1cc(NC(=O)C(=O)O)cnc1NC(=O)OC(C)(C)C. The number of nitrogens with zero attached hydrogens (tertiary/aromatic N) is 8. The van der Waals surface area contributed by atoms with E-state index in [-0.39, 0.29) is 23.6 Å². The number of carboxylic acid groups (broad SMARTS) is 1. The number of carbonyl (C=O) groups excluding carboxylic acids is 7. The maximum Gasteiger partial charge on any atom is 0.413 e. The molecule has 0 radical (unpaired) electrons. The van der Waals surface area contributed by atoms with E-state index in [2.05, 4.69) is 103 Å². The first-order chi connectivity index (χ1) is 45.1. The van der Waals surface area contributed by atoms with Crippen LogP contribution in [-0.2, 0) is 38.2 Å². The van der Waals surface area contributed by atoms with Gasteiger partial charge < -0.3 is 66.1 Å². The number of nitrogen functional groups attached to an aromatic ring is 1. The fraction of sp³-hybridized carbons (Fsp3) is 0.671. The van der Waals surface area contributed by atoms with Gasteiger partial charge in [-0.15, -0.1) is 0 Å². The number of piperidine rings is 6. The minimum Gasteiger partial charge on any atom is -0.474 e. The van der Waals surface area contributed by atoms with Crippen molar-refractivity contribution in [3.63, 3.8) is 0 Å². The molecule has 0 aromatic carbocycles. The molecule has 9 rings (SSSR count). The van der Waals surface area contributed by atoms with Crippen LogP contribution < -0.4 is 37.6 Å². The van der Waals surface area contributed by atoms with E-state index < -0.39 is 58.9 Å². The maximum atomic E-state index is 13.2. The summed E-state index contributed by atoms with van der Waals surface area (Å²) in [5.74, 6) is -0.323. The van der Waals surface area contributed by atoms with E-state index in [1.807, 2.05) is 11.8 Å². The molecule has 6 saturated heterocycles. The number of likely N-dealkylation sites (tertiary alicyclic amines) is 5. The standard InChI is InChI=1S/C25H39N5O4.C20H31N5O2.C13H17N3O5.C12H24N2/c1-16-7-8-20(18-9-11-29(6)12-10-18)30(15-16)23(32)22(31)27-19-13-17(2)21(26-14-19)28-24(33)34-25(3,4)5;1-13-4-5-17(15-6-8-24(3)9-7-15)25(12-13)20(27)19(26)23-16-10-14(2)18(21)22-11-16;1-7-5-8(15-10(17)11(18)19)6-14-9(7)16-12(20)21-13(2,3)4;1-10-3-4-12(13-9-10)11-5-7-14(2)8-6-11/h13-14,16,18,20H,7-12,15H2,1-6H3,(H,27,31)(H,26,28,33);10-11,13,15,17H,4-9,12H2,1-3H3,(H2,21,22)(H,23,26);5-6H,1-4H3,(H,15,17)(H,18,19)(H,14,16,20);10-13H,3-9H2,1-2H3/t16-,20+;13-,17+;;10-,12+/m00.0/s1. The Morgan fingerprint density at radius 2 is 0.844 bits per heavy atom. The molecule has 0 spiro atoms. The van der Waals surface area contributed by atoms with E-state index in [1.54, 1.807) is 72.4 Å². The minimum absolute atomic E-state index is 0.114. The molecule has 6 fully saturated rings. The molecule has 9 heterocycles. The Labute approximate surface area is 568 Å². The van der Waals surface area contributed by atoms with E-state index in [1.165, 1.54) is 70.0 Å². The molecule has 26 heteroatoms. The van der Waals surface area contributed by atoms with Gasteiger partial charge in [0.1, 0.15) is 28.7 Å². The molecular formula is C70H111N15O11. The lowest BCUT2D eigenvalue weighted by molar-refractivity contribution is -0.148. The number of rotatable bonds is 8. The van der Waals surface area contributed by atoms with Gasteiger partial charge in [-0.25, -0.2) is 29.3 Å². The molecule has 0 unspecified atom stereocenters. The molecule has 6 atom stereocenters. The summed E-state index contributed by atoms with van der Waals surface area (Å²) < 4.78 is 10.3. The first kappa shape index (κ1) is 77.5. The number of hydrogen-bond donors (Lipinski definition) is 8. The summed E-state index contributed by atoms with van der Waals surface area (Å²) in [6.07, 6.45) is 17.0. The van der Waals surface area contributed by atoms with Gasteiger partial charge in [0.05, 0.1) is 35.7 Å². The van der Waals surface area contributed by atoms with Crippen molar-refractivity contribution in [2.24, 2.45) is 35.5 Å². The summed E-state index contributed by atoms with van der Waals surface area (Å²) in [5.41, 5.74) is 7.56. The predicted molar refractivity (Wildman–Crippen MR) is 373 cm³/mol. The van der Waals surface area contributed by atoms with E-state index >= 15 is 0 Å². The highest BCUT2D eigenvalue weighted by Crippen LogP contribution is 2.35. The number of ether oxygens (including phenoxy) is 2. The zero-order chi connectivity index (χ0) is 70.8. The fourth-order valence-electron chi connectivity index (χ4n) is 13.3. The number of nitrogens with one attached hydrogen (secondary N) is 6. The molecule has 26 nitrogen and oxygen atoms in total. The van der Waals surface area contributed by atoms with Gasteiger partial charge in [0.25, 0.3) is 0 Å². The molecule has 7 amide bonds. The third kappa shape index (κ3) is 24.8. The van der Waals surface area contributed by atoms with Gasteiger partial charge in [-0.1, -0.05) is 20.8 Å². The highest BCUT2D eigenvalue weighted by Gasteiger charge is 2.40. The van der Waals surface area contributed by atoms with Crippen LogP contribution in [0.1, 0.15) is 156 Å². The number of nitrogens with two attached hydrogens (primary N) is 1. The van der Waals surface area contributed by atoms with Gasteiger partial charge >= 0.3 is 47.7 Å². The Morgan fingerprint density at radius 1 is 0.490 bits per heavy atom. The number of carboxylic acids is 1. The normalized spacial score (nSPS) is 22.6. The Hall–Kier alpha value is -7.55. The van der Waals surface area contributed by atoms with Gasteiger partial charge in [-0.05, 0) is 277 Å². The topological polar surface area (TPSA) is 328 Å². The van der Waals surface area contributed by atoms with E-state index in [0.29, 0.717) is 70.9 Å². The van der Waals surface area contributed by atoms with Gasteiger partial charge in [0, 0.05) is 31.2 Å². The van der Waals surface area contributed by atoms with Crippen molar-refractivity contribution >= 4 is 82.2 Å². The lowest BCUT2D eigenvalue weighted by atomic mass is 9.81. The average molecular weight is 1340 g/mol. The van der Waals surface area contributed by atoms with Crippen molar-refractivity contribution in [3.8, 4) is 0 Å². The molecular weight excluding hydrogens is 1230 g/mol. The Bertz CT molecular complexity index is 3100. The second kappa shape index (κ2) is 35.6. The number of hydrogen-bond acceptors (Lipinski definition) is 18. The van der Waals surface area contributed by atoms with Crippen molar-refractivity contribution in [1.82, 2.24) is 44.8 Å². The predicted octanol–water partition coefficient (Wildman–Crippen LogP) is 9.00. The number of anilines is 6. The summed E-state index contributed by atoms with van der Waals surface area (Å²) in [7, 11) is 6.50. The number of amides is 7. The molecule has 0 bridgehead atoms. The van der Waals surface area contributed by atoms with Crippen LogP contribution in [0.5, 0.6) is 0 Å². The van der Waals surface area contributed by atoms with Crippen LogP contribution in [0.25, 0.3) is 0 Å². The molecule has 6 aliphatic rings. The van der Waals surface area contributed by atoms with Crippen molar-refractivity contribution in [2.75, 3.05) is 112 Å². The van der Waals surface area contributed by atoms with Crippen LogP contribution in [0.4, 0.5) is 44.1 Å². The Balaban J connectivity index is 0.000000211. The minimum atomic E-state index is -1.59. The smallest absolute Gasteiger partial charge is 0.413 e. The number of aryl methyl sites for hydroxylation is 3. The monoisotopic (exact) mass is 1340 g/mol. The molecule has 96 heavy (non-hydrogen) atoms.